The molecule has 5 rings (SSSR count). The monoisotopic (exact) mass is 472 g/mol. The molecule has 34 heavy (non-hydrogen) atoms. The van der Waals surface area contributed by atoms with Crippen LogP contribution >= 0.6 is 0 Å². The highest BCUT2D eigenvalue weighted by Gasteiger charge is 2.26. The Hall–Kier alpha value is -3.29. The number of aromatic nitrogens is 2. The summed E-state index contributed by atoms with van der Waals surface area (Å²) >= 11 is 0. The third-order valence-electron chi connectivity index (χ3n) is 6.41. The van der Waals surface area contributed by atoms with Crippen molar-refractivity contribution in [2.24, 2.45) is 0 Å². The normalized spacial score (nSPS) is 18.6. The Morgan fingerprint density at radius 3 is 2.29 bits per heavy atom. The number of nitrogens with one attached hydrogen (secondary N) is 2. The number of fused-ring (bicyclic) bond motifs is 1. The number of aryl methyl sites for hydroxylation is 1. The van der Waals surface area contributed by atoms with Crippen molar-refractivity contribution in [3.05, 3.63) is 84.6 Å². The Bertz CT molecular complexity index is 1400. The van der Waals surface area contributed by atoms with Crippen LogP contribution in [0.25, 0.3) is 22.0 Å². The molecule has 1 aliphatic carbocycles. The molecule has 0 unspecified atom stereocenters. The summed E-state index contributed by atoms with van der Waals surface area (Å²) in [6, 6.07) is 23.7. The van der Waals surface area contributed by atoms with Gasteiger partial charge < -0.3 is 5.32 Å². The first-order valence-corrected chi connectivity index (χ1v) is 13.1. The van der Waals surface area contributed by atoms with E-state index in [0.717, 1.165) is 42.5 Å². The first-order chi connectivity index (χ1) is 16.5. The number of hydrogen-bond acceptors (Lipinski definition) is 5. The summed E-state index contributed by atoms with van der Waals surface area (Å²) in [4.78, 5) is 9.47. The van der Waals surface area contributed by atoms with Crippen molar-refractivity contribution < 1.29 is 8.42 Å². The molecule has 1 saturated carbocycles. The second kappa shape index (κ2) is 9.52. The Labute approximate surface area is 200 Å². The minimum atomic E-state index is -3.50. The van der Waals surface area contributed by atoms with Crippen molar-refractivity contribution in [2.75, 3.05) is 5.32 Å². The summed E-state index contributed by atoms with van der Waals surface area (Å²) in [7, 11) is -3.50. The predicted molar refractivity (Wildman–Crippen MR) is 136 cm³/mol. The molecule has 0 atom stereocenters. The molecule has 0 aliphatic heterocycles. The zero-order valence-electron chi connectivity index (χ0n) is 19.1. The van der Waals surface area contributed by atoms with Crippen molar-refractivity contribution in [2.45, 2.75) is 49.6 Å². The standard InChI is InChI=1S/C27H28N4O2S/c1-19-6-14-25(15-7-19)34(32,33)31-24-12-10-23(11-13-24)29-27-28-17-16-26(30-27)22-9-8-20-4-2-3-5-21(20)18-22/h2-9,14-18,23-24,31H,10-13H2,1H3,(H,28,29,30)/t23-,24-. The van der Waals surface area contributed by atoms with Crippen molar-refractivity contribution in [3.8, 4) is 11.3 Å². The molecule has 0 radical (unpaired) electrons. The number of sulfonamides is 1. The zero-order valence-corrected chi connectivity index (χ0v) is 19.9. The van der Waals surface area contributed by atoms with Gasteiger partial charge in [-0.1, -0.05) is 54.1 Å². The first kappa shape index (κ1) is 22.5. The van der Waals surface area contributed by atoms with Crippen molar-refractivity contribution in [1.29, 1.82) is 0 Å². The molecule has 0 saturated heterocycles. The van der Waals surface area contributed by atoms with Gasteiger partial charge in [0.25, 0.3) is 0 Å². The highest BCUT2D eigenvalue weighted by molar-refractivity contribution is 7.89. The average molecular weight is 473 g/mol. The minimum absolute atomic E-state index is 0.0609. The zero-order chi connectivity index (χ0) is 23.5. The van der Waals surface area contributed by atoms with Crippen LogP contribution in [0.4, 0.5) is 5.95 Å². The number of rotatable bonds is 6. The summed E-state index contributed by atoms with van der Waals surface area (Å²) < 4.78 is 28.3. The van der Waals surface area contributed by atoms with Gasteiger partial charge in [-0.05, 0) is 67.6 Å². The lowest BCUT2D eigenvalue weighted by Crippen LogP contribution is -2.40. The van der Waals surface area contributed by atoms with E-state index in [0.29, 0.717) is 10.8 Å². The van der Waals surface area contributed by atoms with Gasteiger partial charge >= 0.3 is 0 Å². The fourth-order valence-electron chi connectivity index (χ4n) is 4.48. The molecular formula is C27H28N4O2S. The number of anilines is 1. The molecule has 1 fully saturated rings. The van der Waals surface area contributed by atoms with Crippen LogP contribution < -0.4 is 10.0 Å². The predicted octanol–water partition coefficient (Wildman–Crippen LogP) is 5.31. The van der Waals surface area contributed by atoms with Crippen LogP contribution in [0.1, 0.15) is 31.2 Å². The molecule has 0 amide bonds. The van der Waals surface area contributed by atoms with Crippen LogP contribution in [0.15, 0.2) is 83.9 Å². The molecule has 1 heterocycles. The first-order valence-electron chi connectivity index (χ1n) is 11.6. The van der Waals surface area contributed by atoms with Crippen LogP contribution in [0.5, 0.6) is 0 Å². The Balaban J connectivity index is 1.21. The molecule has 2 N–H and O–H groups in total. The van der Waals surface area contributed by atoms with E-state index >= 15 is 0 Å². The average Bonchev–Trinajstić information content (AvgIpc) is 2.85. The molecule has 3 aromatic carbocycles. The van der Waals surface area contributed by atoms with Crippen LogP contribution in [-0.4, -0.2) is 30.5 Å². The summed E-state index contributed by atoms with van der Waals surface area (Å²) in [6.07, 6.45) is 5.02. The van der Waals surface area contributed by atoms with E-state index in [-0.39, 0.29) is 12.1 Å². The maximum absolute atomic E-state index is 12.7. The SMILES string of the molecule is Cc1ccc(S(=O)(=O)N[C@H]2CC[C@H](Nc3nccc(-c4ccc5ccccc5c4)n3)CC2)cc1. The molecule has 0 bridgehead atoms. The second-order valence-electron chi connectivity index (χ2n) is 8.95. The number of hydrogen-bond donors (Lipinski definition) is 2. The van der Waals surface area contributed by atoms with Crippen molar-refractivity contribution in [3.63, 3.8) is 0 Å². The number of benzene rings is 3. The van der Waals surface area contributed by atoms with Gasteiger partial charge in [0.2, 0.25) is 16.0 Å². The van der Waals surface area contributed by atoms with Gasteiger partial charge in [-0.25, -0.2) is 23.1 Å². The fourth-order valence-corrected chi connectivity index (χ4v) is 5.79. The quantitative estimate of drug-likeness (QED) is 0.397. The largest absolute Gasteiger partial charge is 0.351 e. The molecule has 0 spiro atoms. The molecule has 174 valence electrons. The molecule has 1 aromatic heterocycles. The maximum atomic E-state index is 12.7. The van der Waals surface area contributed by atoms with E-state index in [1.807, 2.05) is 37.3 Å². The second-order valence-corrected chi connectivity index (χ2v) is 10.7. The van der Waals surface area contributed by atoms with Gasteiger partial charge in [0.1, 0.15) is 0 Å². The lowest BCUT2D eigenvalue weighted by Gasteiger charge is -2.29. The van der Waals surface area contributed by atoms with E-state index in [4.69, 9.17) is 4.98 Å². The van der Waals surface area contributed by atoms with Crippen molar-refractivity contribution in [1.82, 2.24) is 14.7 Å². The lowest BCUT2D eigenvalue weighted by molar-refractivity contribution is 0.386. The topological polar surface area (TPSA) is 84.0 Å². The van der Waals surface area contributed by atoms with Gasteiger partial charge in [0.15, 0.2) is 0 Å². The third-order valence-corrected chi connectivity index (χ3v) is 7.95. The van der Waals surface area contributed by atoms with E-state index in [1.165, 1.54) is 10.8 Å². The maximum Gasteiger partial charge on any atom is 0.240 e. The summed E-state index contributed by atoms with van der Waals surface area (Å²) in [5.74, 6) is 0.606. The van der Waals surface area contributed by atoms with Gasteiger partial charge in [-0.3, -0.25) is 0 Å². The molecule has 1 aliphatic rings. The molecule has 4 aromatic rings. The minimum Gasteiger partial charge on any atom is -0.351 e. The third kappa shape index (κ3) is 5.11. The van der Waals surface area contributed by atoms with Gasteiger partial charge in [-0.2, -0.15) is 0 Å². The Morgan fingerprint density at radius 2 is 1.53 bits per heavy atom. The van der Waals surface area contributed by atoms with E-state index in [2.05, 4.69) is 45.4 Å². The molecular weight excluding hydrogens is 444 g/mol. The Kier molecular flexibility index (Phi) is 6.30. The van der Waals surface area contributed by atoms with Crippen LogP contribution in [0, 0.1) is 6.92 Å². The fraction of sp³-hybridized carbons (Fsp3) is 0.259. The summed E-state index contributed by atoms with van der Waals surface area (Å²) in [6.45, 7) is 1.94. The van der Waals surface area contributed by atoms with Gasteiger partial charge in [-0.15, -0.1) is 0 Å². The van der Waals surface area contributed by atoms with E-state index in [1.54, 1.807) is 18.3 Å². The summed E-state index contributed by atoms with van der Waals surface area (Å²) in [5.41, 5.74) is 2.97. The summed E-state index contributed by atoms with van der Waals surface area (Å²) in [5, 5.41) is 5.83. The highest BCUT2D eigenvalue weighted by atomic mass is 32.2. The highest BCUT2D eigenvalue weighted by Crippen LogP contribution is 2.26. The van der Waals surface area contributed by atoms with Crippen LogP contribution in [0.2, 0.25) is 0 Å². The lowest BCUT2D eigenvalue weighted by atomic mass is 9.92. The Morgan fingerprint density at radius 1 is 0.824 bits per heavy atom. The van der Waals surface area contributed by atoms with Gasteiger partial charge in [0, 0.05) is 23.8 Å². The van der Waals surface area contributed by atoms with Gasteiger partial charge in [0.05, 0.1) is 10.6 Å². The van der Waals surface area contributed by atoms with Crippen LogP contribution in [0.3, 0.4) is 0 Å². The number of nitrogens with zero attached hydrogens (tertiary/aromatic N) is 2. The van der Waals surface area contributed by atoms with E-state index < -0.39 is 10.0 Å². The van der Waals surface area contributed by atoms with Crippen molar-refractivity contribution >= 4 is 26.7 Å². The van der Waals surface area contributed by atoms with E-state index in [9.17, 15) is 8.42 Å². The molecule has 6 nitrogen and oxygen atoms in total. The smallest absolute Gasteiger partial charge is 0.240 e. The van der Waals surface area contributed by atoms with Crippen LogP contribution in [-0.2, 0) is 10.0 Å². The molecule has 7 heteroatoms.